The first-order valence-corrected chi connectivity index (χ1v) is 9.51. The van der Waals surface area contributed by atoms with Crippen LogP contribution in [0.1, 0.15) is 57.1 Å². The second kappa shape index (κ2) is 9.36. The van der Waals surface area contributed by atoms with Gasteiger partial charge in [-0.25, -0.2) is 0 Å². The van der Waals surface area contributed by atoms with E-state index in [0.717, 1.165) is 49.3 Å². The molecule has 1 atom stereocenters. The summed E-state index contributed by atoms with van der Waals surface area (Å²) in [6, 6.07) is 6.83. The molecule has 3 N–H and O–H groups in total. The Kier molecular flexibility index (Phi) is 7.17. The van der Waals surface area contributed by atoms with Crippen molar-refractivity contribution >= 4 is 11.4 Å². The molecule has 0 amide bonds. The highest BCUT2D eigenvalue weighted by Crippen LogP contribution is 2.25. The number of allylic oxidation sites excluding steroid dienone is 1. The van der Waals surface area contributed by atoms with Crippen molar-refractivity contribution in [2.45, 2.75) is 58.4 Å². The van der Waals surface area contributed by atoms with Crippen LogP contribution in [-0.4, -0.2) is 12.6 Å². The molecule has 1 unspecified atom stereocenters. The molecule has 1 aliphatic heterocycles. The van der Waals surface area contributed by atoms with Crippen molar-refractivity contribution in [3.05, 3.63) is 60.5 Å². The third-order valence-corrected chi connectivity index (χ3v) is 4.65. The summed E-state index contributed by atoms with van der Waals surface area (Å²) < 4.78 is 0. The smallest absolute Gasteiger partial charge is 0.0660 e. The lowest BCUT2D eigenvalue weighted by molar-refractivity contribution is 0.539. The Hall–Kier alpha value is -2.16. The van der Waals surface area contributed by atoms with Crippen LogP contribution in [0, 0.1) is 0 Å². The second-order valence-corrected chi connectivity index (χ2v) is 6.87. The van der Waals surface area contributed by atoms with Gasteiger partial charge in [-0.15, -0.1) is 0 Å². The molecule has 2 rings (SSSR count). The van der Waals surface area contributed by atoms with Crippen molar-refractivity contribution in [2.24, 2.45) is 0 Å². The molecule has 0 aliphatic carbocycles. The van der Waals surface area contributed by atoms with Crippen molar-refractivity contribution in [1.82, 2.24) is 10.6 Å². The molecule has 1 fully saturated rings. The zero-order chi connectivity index (χ0) is 18.2. The quantitative estimate of drug-likeness (QED) is 0.542. The number of hydrogen-bond donors (Lipinski definition) is 3. The number of nitrogens with one attached hydrogen (secondary N) is 3. The number of hydrogen-bond acceptors (Lipinski definition) is 3. The lowest BCUT2D eigenvalue weighted by Crippen LogP contribution is -2.38. The van der Waals surface area contributed by atoms with E-state index < -0.39 is 0 Å². The highest BCUT2D eigenvalue weighted by Gasteiger charge is 2.20. The fraction of sp³-hybridized carbons (Fsp3) is 0.455. The number of benzene rings is 1. The van der Waals surface area contributed by atoms with Crippen molar-refractivity contribution in [1.29, 1.82) is 0 Å². The molecule has 1 heterocycles. The molecule has 0 bridgehead atoms. The molecule has 0 saturated carbocycles. The van der Waals surface area contributed by atoms with E-state index >= 15 is 0 Å². The standard InChI is InChI=1S/C22H33N3/c1-6-8-14-23-20-11-12-21(19(15-20)9-7-2)17(4)25-22-13-10-16(3)24-18(22)5/h11-12,15,22-25H,3-10,13-14H2,1-2H3. The molecule has 136 valence electrons. The number of piperidine rings is 1. The molecule has 3 heteroatoms. The molecule has 0 spiro atoms. The monoisotopic (exact) mass is 339 g/mol. The Bertz CT molecular complexity index is 630. The Labute approximate surface area is 153 Å². The summed E-state index contributed by atoms with van der Waals surface area (Å²) in [6.07, 6.45) is 6.55. The predicted octanol–water partition coefficient (Wildman–Crippen LogP) is 5.19. The van der Waals surface area contributed by atoms with E-state index in [2.05, 4.69) is 67.7 Å². The van der Waals surface area contributed by atoms with E-state index in [-0.39, 0.29) is 6.04 Å². The first kappa shape index (κ1) is 19.2. The van der Waals surface area contributed by atoms with Crippen LogP contribution < -0.4 is 16.0 Å². The minimum atomic E-state index is 0.204. The lowest BCUT2D eigenvalue weighted by Gasteiger charge is -2.30. The van der Waals surface area contributed by atoms with Crippen LogP contribution in [0.4, 0.5) is 5.69 Å². The van der Waals surface area contributed by atoms with Crippen molar-refractivity contribution < 1.29 is 0 Å². The fourth-order valence-corrected chi connectivity index (χ4v) is 3.20. The second-order valence-electron chi connectivity index (χ2n) is 6.87. The van der Waals surface area contributed by atoms with Gasteiger partial charge in [0.05, 0.1) is 6.04 Å². The van der Waals surface area contributed by atoms with Crippen molar-refractivity contribution in [3.8, 4) is 0 Å². The van der Waals surface area contributed by atoms with E-state index in [9.17, 15) is 0 Å². The Morgan fingerprint density at radius 3 is 2.72 bits per heavy atom. The maximum atomic E-state index is 4.30. The highest BCUT2D eigenvalue weighted by molar-refractivity contribution is 5.68. The van der Waals surface area contributed by atoms with E-state index in [0.29, 0.717) is 0 Å². The first-order valence-electron chi connectivity index (χ1n) is 9.51. The van der Waals surface area contributed by atoms with Gasteiger partial charge in [0.2, 0.25) is 0 Å². The number of rotatable bonds is 9. The minimum Gasteiger partial charge on any atom is -0.385 e. The van der Waals surface area contributed by atoms with Crippen LogP contribution >= 0.6 is 0 Å². The van der Waals surface area contributed by atoms with Crippen LogP contribution in [-0.2, 0) is 6.42 Å². The summed E-state index contributed by atoms with van der Waals surface area (Å²) >= 11 is 0. The molecular formula is C22H33N3. The minimum absolute atomic E-state index is 0.204. The zero-order valence-electron chi connectivity index (χ0n) is 15.9. The van der Waals surface area contributed by atoms with E-state index in [1.54, 1.807) is 0 Å². The van der Waals surface area contributed by atoms with Crippen LogP contribution in [0.25, 0.3) is 5.70 Å². The summed E-state index contributed by atoms with van der Waals surface area (Å²) in [5, 5.41) is 10.3. The van der Waals surface area contributed by atoms with Gasteiger partial charge in [-0.2, -0.15) is 0 Å². The topological polar surface area (TPSA) is 36.1 Å². The van der Waals surface area contributed by atoms with Crippen LogP contribution in [0.5, 0.6) is 0 Å². The molecule has 3 nitrogen and oxygen atoms in total. The molecule has 0 radical (unpaired) electrons. The van der Waals surface area contributed by atoms with Gasteiger partial charge in [0, 0.05) is 34.9 Å². The van der Waals surface area contributed by atoms with Crippen molar-refractivity contribution in [2.75, 3.05) is 11.9 Å². The van der Waals surface area contributed by atoms with Gasteiger partial charge >= 0.3 is 0 Å². The van der Waals surface area contributed by atoms with E-state index in [1.165, 1.54) is 29.7 Å². The third kappa shape index (κ3) is 5.42. The Morgan fingerprint density at radius 1 is 1.24 bits per heavy atom. The average molecular weight is 340 g/mol. The summed E-state index contributed by atoms with van der Waals surface area (Å²) in [6.45, 7) is 17.9. The molecule has 1 aromatic rings. The summed E-state index contributed by atoms with van der Waals surface area (Å²) in [5.74, 6) is 0. The number of aryl methyl sites for hydroxylation is 1. The van der Waals surface area contributed by atoms with Crippen LogP contribution in [0.15, 0.2) is 49.3 Å². The van der Waals surface area contributed by atoms with E-state index in [4.69, 9.17) is 0 Å². The number of anilines is 1. The molecule has 1 aromatic carbocycles. The van der Waals surface area contributed by atoms with Gasteiger partial charge in [0.25, 0.3) is 0 Å². The van der Waals surface area contributed by atoms with Crippen molar-refractivity contribution in [3.63, 3.8) is 0 Å². The predicted molar refractivity (Wildman–Crippen MR) is 110 cm³/mol. The van der Waals surface area contributed by atoms with Gasteiger partial charge in [0.15, 0.2) is 0 Å². The van der Waals surface area contributed by atoms with Crippen LogP contribution in [0.2, 0.25) is 0 Å². The Morgan fingerprint density at radius 2 is 2.04 bits per heavy atom. The first-order chi connectivity index (χ1) is 12.0. The normalized spacial score (nSPS) is 17.1. The molecule has 1 aliphatic rings. The van der Waals surface area contributed by atoms with Gasteiger partial charge in [-0.1, -0.05) is 52.5 Å². The summed E-state index contributed by atoms with van der Waals surface area (Å²) in [5.41, 5.74) is 6.76. The van der Waals surface area contributed by atoms with Crippen LogP contribution in [0.3, 0.4) is 0 Å². The molecule has 25 heavy (non-hydrogen) atoms. The maximum Gasteiger partial charge on any atom is 0.0660 e. The third-order valence-electron chi connectivity index (χ3n) is 4.65. The van der Waals surface area contributed by atoms with Gasteiger partial charge in [-0.05, 0) is 43.4 Å². The fourth-order valence-electron chi connectivity index (χ4n) is 3.20. The molecule has 0 aromatic heterocycles. The lowest BCUT2D eigenvalue weighted by atomic mass is 9.97. The zero-order valence-corrected chi connectivity index (χ0v) is 15.9. The molecule has 1 saturated heterocycles. The highest BCUT2D eigenvalue weighted by atomic mass is 15.0. The Balaban J connectivity index is 2.09. The summed E-state index contributed by atoms with van der Waals surface area (Å²) in [7, 11) is 0. The SMILES string of the molecule is C=C1CCC(NC(=C)c2ccc(NCCCC)cc2CCC)C(=C)N1. The summed E-state index contributed by atoms with van der Waals surface area (Å²) in [4.78, 5) is 0. The number of unbranched alkanes of at least 4 members (excludes halogenated alkanes) is 1. The van der Waals surface area contributed by atoms with Gasteiger partial charge in [0.1, 0.15) is 0 Å². The largest absolute Gasteiger partial charge is 0.385 e. The van der Waals surface area contributed by atoms with E-state index in [1.807, 2.05) is 0 Å². The molecular weight excluding hydrogens is 306 g/mol. The van der Waals surface area contributed by atoms with Gasteiger partial charge in [-0.3, -0.25) is 0 Å². The average Bonchev–Trinajstić information content (AvgIpc) is 2.58. The maximum absolute atomic E-state index is 4.30. The van der Waals surface area contributed by atoms with Gasteiger partial charge < -0.3 is 16.0 Å².